The number of amides is 2. The lowest BCUT2D eigenvalue weighted by atomic mass is 10.2. The van der Waals surface area contributed by atoms with Gasteiger partial charge in [0.2, 0.25) is 11.8 Å². The van der Waals surface area contributed by atoms with E-state index in [0.29, 0.717) is 23.5 Å². The number of hydrogen-bond acceptors (Lipinski definition) is 6. The quantitative estimate of drug-likeness (QED) is 0.700. The second kappa shape index (κ2) is 9.09. The van der Waals surface area contributed by atoms with E-state index in [9.17, 15) is 18.0 Å². The molecule has 160 valence electrons. The van der Waals surface area contributed by atoms with E-state index in [1.807, 2.05) is 19.9 Å². The molecule has 0 bridgehead atoms. The van der Waals surface area contributed by atoms with Crippen molar-refractivity contribution in [2.24, 2.45) is 0 Å². The van der Waals surface area contributed by atoms with Crippen LogP contribution in [-0.4, -0.2) is 38.3 Å². The number of nitrogens with one attached hydrogen (secondary N) is 2. The second-order valence-electron chi connectivity index (χ2n) is 7.16. The smallest absolute Gasteiger partial charge is 0.225 e. The Morgan fingerprint density at radius 1 is 1.27 bits per heavy atom. The van der Waals surface area contributed by atoms with Crippen molar-refractivity contribution in [1.82, 2.24) is 0 Å². The molecule has 0 saturated carbocycles. The van der Waals surface area contributed by atoms with Gasteiger partial charge in [-0.3, -0.25) is 9.59 Å². The zero-order valence-corrected chi connectivity index (χ0v) is 18.7. The zero-order valence-electron chi connectivity index (χ0n) is 17.0. The van der Waals surface area contributed by atoms with Gasteiger partial charge in [-0.1, -0.05) is 13.0 Å². The molecule has 2 aromatic rings. The second-order valence-corrected chi connectivity index (χ2v) is 10.7. The molecule has 1 heterocycles. The van der Waals surface area contributed by atoms with Gasteiger partial charge in [-0.15, -0.1) is 11.8 Å². The predicted molar refractivity (Wildman–Crippen MR) is 118 cm³/mol. The molecule has 2 amide bonds. The summed E-state index contributed by atoms with van der Waals surface area (Å²) in [5, 5.41) is 5.58. The van der Waals surface area contributed by atoms with E-state index in [2.05, 4.69) is 10.6 Å². The van der Waals surface area contributed by atoms with Crippen molar-refractivity contribution in [2.45, 2.75) is 41.7 Å². The number of rotatable bonds is 6. The van der Waals surface area contributed by atoms with Gasteiger partial charge < -0.3 is 15.4 Å². The maximum absolute atomic E-state index is 12.8. The van der Waals surface area contributed by atoms with Crippen LogP contribution in [-0.2, 0) is 19.4 Å². The molecule has 3 rings (SSSR count). The lowest BCUT2D eigenvalue weighted by Gasteiger charge is -2.12. The molecule has 1 unspecified atom stereocenters. The van der Waals surface area contributed by atoms with Gasteiger partial charge in [0, 0.05) is 23.0 Å². The molecule has 1 aliphatic heterocycles. The zero-order chi connectivity index (χ0) is 21.9. The number of methoxy groups -OCH3 is 1. The third-order valence-corrected chi connectivity index (χ3v) is 7.50. The molecule has 1 aliphatic rings. The van der Waals surface area contributed by atoms with Gasteiger partial charge in [0.1, 0.15) is 5.75 Å². The van der Waals surface area contributed by atoms with Crippen LogP contribution >= 0.6 is 11.8 Å². The third-order valence-electron chi connectivity index (χ3n) is 4.61. The lowest BCUT2D eigenvalue weighted by molar-refractivity contribution is -0.116. The van der Waals surface area contributed by atoms with Crippen LogP contribution in [0.2, 0.25) is 0 Å². The van der Waals surface area contributed by atoms with Crippen LogP contribution in [0, 0.1) is 6.92 Å². The molecule has 0 spiro atoms. The van der Waals surface area contributed by atoms with E-state index in [-0.39, 0.29) is 28.2 Å². The molecular formula is C21H24N2O5S2. The van der Waals surface area contributed by atoms with Crippen LogP contribution in [0.3, 0.4) is 0 Å². The number of anilines is 2. The number of fused-ring (bicyclic) bond motifs is 1. The Balaban J connectivity index is 1.71. The van der Waals surface area contributed by atoms with Crippen LogP contribution in [0.25, 0.3) is 0 Å². The number of aryl methyl sites for hydroxylation is 1. The Hall–Kier alpha value is -2.52. The molecule has 0 fully saturated rings. The molecule has 9 heteroatoms. The highest BCUT2D eigenvalue weighted by Gasteiger charge is 2.23. The van der Waals surface area contributed by atoms with E-state index in [0.717, 1.165) is 10.5 Å². The Bertz CT molecular complexity index is 1080. The summed E-state index contributed by atoms with van der Waals surface area (Å²) < 4.78 is 30.7. The minimum atomic E-state index is -3.70. The van der Waals surface area contributed by atoms with Crippen LogP contribution < -0.4 is 15.4 Å². The van der Waals surface area contributed by atoms with Crippen LogP contribution in [0.4, 0.5) is 11.4 Å². The Morgan fingerprint density at radius 2 is 2.03 bits per heavy atom. The number of benzene rings is 2. The van der Waals surface area contributed by atoms with Gasteiger partial charge in [0.15, 0.2) is 9.84 Å². The molecule has 30 heavy (non-hydrogen) atoms. The van der Waals surface area contributed by atoms with E-state index < -0.39 is 15.7 Å². The van der Waals surface area contributed by atoms with Gasteiger partial charge >= 0.3 is 0 Å². The molecule has 2 N–H and O–H groups in total. The number of carbonyl (C=O) groups excluding carboxylic acids is 2. The van der Waals surface area contributed by atoms with Crippen molar-refractivity contribution in [3.63, 3.8) is 0 Å². The third kappa shape index (κ3) is 5.34. The van der Waals surface area contributed by atoms with Gasteiger partial charge in [-0.2, -0.15) is 0 Å². The van der Waals surface area contributed by atoms with Crippen molar-refractivity contribution in [1.29, 1.82) is 0 Å². The average Bonchev–Trinajstić information content (AvgIpc) is 2.82. The largest absolute Gasteiger partial charge is 0.495 e. The van der Waals surface area contributed by atoms with Crippen molar-refractivity contribution in [2.75, 3.05) is 23.5 Å². The first-order chi connectivity index (χ1) is 14.2. The molecule has 0 aliphatic carbocycles. The highest BCUT2D eigenvalue weighted by molar-refractivity contribution is 8.00. The standard InChI is InChI=1S/C21H24N2O5S2/c1-13-4-6-18(28-3)16(10-13)22-20(24)8-9-30(26,27)15-5-7-19-17(12-15)23-21(25)11-14(2)29-19/h4-7,10,12,14H,8-9,11H2,1-3H3,(H,22,24)(H,23,25). The Labute approximate surface area is 180 Å². The molecular weight excluding hydrogens is 424 g/mol. The van der Waals surface area contributed by atoms with Crippen LogP contribution in [0.1, 0.15) is 25.3 Å². The monoisotopic (exact) mass is 448 g/mol. The first-order valence-electron chi connectivity index (χ1n) is 9.46. The SMILES string of the molecule is COc1ccc(C)cc1NC(=O)CCS(=O)(=O)c1ccc2c(c1)NC(=O)CC(C)S2. The van der Waals surface area contributed by atoms with Crippen LogP contribution in [0.5, 0.6) is 5.75 Å². The molecule has 7 nitrogen and oxygen atoms in total. The molecule has 1 atom stereocenters. The number of thioether (sulfide) groups is 1. The molecule has 0 radical (unpaired) electrons. The van der Waals surface area contributed by atoms with E-state index in [4.69, 9.17) is 4.74 Å². The van der Waals surface area contributed by atoms with Gasteiger partial charge in [-0.25, -0.2) is 8.42 Å². The number of hydrogen-bond donors (Lipinski definition) is 2. The minimum Gasteiger partial charge on any atom is -0.495 e. The molecule has 2 aromatic carbocycles. The highest BCUT2D eigenvalue weighted by atomic mass is 32.2. The number of ether oxygens (including phenoxy) is 1. The topological polar surface area (TPSA) is 102 Å². The van der Waals surface area contributed by atoms with E-state index in [1.54, 1.807) is 18.2 Å². The van der Waals surface area contributed by atoms with Crippen LogP contribution in [0.15, 0.2) is 46.2 Å². The lowest BCUT2D eigenvalue weighted by Crippen LogP contribution is -2.18. The fourth-order valence-electron chi connectivity index (χ4n) is 3.10. The number of carbonyl (C=O) groups is 2. The van der Waals surface area contributed by atoms with Gasteiger partial charge in [0.05, 0.1) is 29.1 Å². The van der Waals surface area contributed by atoms with Gasteiger partial charge in [0.25, 0.3) is 0 Å². The molecule has 0 aromatic heterocycles. The Morgan fingerprint density at radius 3 is 2.77 bits per heavy atom. The summed E-state index contributed by atoms with van der Waals surface area (Å²) in [5.41, 5.74) is 1.93. The first-order valence-corrected chi connectivity index (χ1v) is 12.0. The van der Waals surface area contributed by atoms with Crippen molar-refractivity contribution < 1.29 is 22.7 Å². The maximum Gasteiger partial charge on any atom is 0.225 e. The minimum absolute atomic E-state index is 0.0811. The summed E-state index contributed by atoms with van der Waals surface area (Å²) in [6.07, 6.45) is 0.165. The fourth-order valence-corrected chi connectivity index (χ4v) is 5.42. The highest BCUT2D eigenvalue weighted by Crippen LogP contribution is 2.36. The van der Waals surface area contributed by atoms with Crippen molar-refractivity contribution in [3.05, 3.63) is 42.0 Å². The summed E-state index contributed by atoms with van der Waals surface area (Å²) in [7, 11) is -2.20. The van der Waals surface area contributed by atoms with Crippen molar-refractivity contribution >= 4 is 44.8 Å². The molecule has 0 saturated heterocycles. The normalized spacial score (nSPS) is 16.2. The summed E-state index contributed by atoms with van der Waals surface area (Å²) in [6, 6.07) is 10.0. The fraction of sp³-hybridized carbons (Fsp3) is 0.333. The summed E-state index contributed by atoms with van der Waals surface area (Å²) >= 11 is 1.53. The van der Waals surface area contributed by atoms with Gasteiger partial charge in [-0.05, 0) is 42.8 Å². The Kier molecular flexibility index (Phi) is 6.72. The van der Waals surface area contributed by atoms with E-state index in [1.165, 1.54) is 31.0 Å². The number of sulfone groups is 1. The summed E-state index contributed by atoms with van der Waals surface area (Å²) in [5.74, 6) is -0.404. The summed E-state index contributed by atoms with van der Waals surface area (Å²) in [4.78, 5) is 25.2. The average molecular weight is 449 g/mol. The first kappa shape index (κ1) is 22.2. The maximum atomic E-state index is 12.8. The van der Waals surface area contributed by atoms with Crippen molar-refractivity contribution in [3.8, 4) is 5.75 Å². The van der Waals surface area contributed by atoms with E-state index >= 15 is 0 Å². The predicted octanol–water partition coefficient (Wildman–Crippen LogP) is 3.63. The summed E-state index contributed by atoms with van der Waals surface area (Å²) in [6.45, 7) is 3.83.